The van der Waals surface area contributed by atoms with Crippen molar-refractivity contribution in [2.75, 3.05) is 11.9 Å². The molecular weight excluding hydrogens is 244 g/mol. The second-order valence-corrected chi connectivity index (χ2v) is 5.11. The van der Waals surface area contributed by atoms with Crippen molar-refractivity contribution in [1.29, 1.82) is 0 Å². The normalized spacial score (nSPS) is 16.3. The van der Waals surface area contributed by atoms with E-state index in [2.05, 4.69) is 10.6 Å². The molecule has 102 valence electrons. The lowest BCUT2D eigenvalue weighted by Gasteiger charge is -2.37. The molecule has 1 aromatic rings. The zero-order valence-electron chi connectivity index (χ0n) is 10.9. The van der Waals surface area contributed by atoms with E-state index in [0.29, 0.717) is 18.5 Å². The number of amides is 2. The van der Waals surface area contributed by atoms with Gasteiger partial charge in [-0.05, 0) is 31.9 Å². The molecule has 0 atom stereocenters. The van der Waals surface area contributed by atoms with E-state index in [0.717, 1.165) is 12.0 Å². The van der Waals surface area contributed by atoms with Gasteiger partial charge in [0.1, 0.15) is 0 Å². The molecule has 1 aliphatic rings. The van der Waals surface area contributed by atoms with E-state index >= 15 is 0 Å². The van der Waals surface area contributed by atoms with Crippen molar-refractivity contribution >= 4 is 17.7 Å². The van der Waals surface area contributed by atoms with Crippen LogP contribution in [0, 0.1) is 12.3 Å². The fraction of sp³-hybridized carbons (Fsp3) is 0.429. The van der Waals surface area contributed by atoms with Gasteiger partial charge in [-0.15, -0.1) is 0 Å². The average molecular weight is 262 g/mol. The molecule has 0 unspecified atom stereocenters. The zero-order chi connectivity index (χ0) is 13.9. The molecule has 5 heteroatoms. The third kappa shape index (κ3) is 3.05. The molecule has 0 aromatic heterocycles. The van der Waals surface area contributed by atoms with Gasteiger partial charge in [-0.1, -0.05) is 24.1 Å². The Morgan fingerprint density at radius 3 is 2.37 bits per heavy atom. The third-order valence-electron chi connectivity index (χ3n) is 3.66. The Hall–Kier alpha value is -2.04. The molecule has 1 aliphatic carbocycles. The van der Waals surface area contributed by atoms with Crippen LogP contribution in [0.4, 0.5) is 10.5 Å². The monoisotopic (exact) mass is 262 g/mol. The van der Waals surface area contributed by atoms with E-state index in [4.69, 9.17) is 5.11 Å². The van der Waals surface area contributed by atoms with E-state index < -0.39 is 11.4 Å². The van der Waals surface area contributed by atoms with Gasteiger partial charge in [0.15, 0.2) is 0 Å². The largest absolute Gasteiger partial charge is 0.481 e. The highest BCUT2D eigenvalue weighted by Gasteiger charge is 2.44. The first-order valence-corrected chi connectivity index (χ1v) is 6.37. The summed E-state index contributed by atoms with van der Waals surface area (Å²) in [7, 11) is 0. The van der Waals surface area contributed by atoms with Gasteiger partial charge >= 0.3 is 12.0 Å². The van der Waals surface area contributed by atoms with Crippen molar-refractivity contribution < 1.29 is 14.7 Å². The molecule has 0 bridgehead atoms. The maximum absolute atomic E-state index is 11.7. The van der Waals surface area contributed by atoms with Crippen molar-refractivity contribution in [2.24, 2.45) is 5.41 Å². The summed E-state index contributed by atoms with van der Waals surface area (Å²) >= 11 is 0. The second kappa shape index (κ2) is 5.30. The summed E-state index contributed by atoms with van der Waals surface area (Å²) in [5.41, 5.74) is 1.05. The molecule has 0 saturated heterocycles. The molecule has 19 heavy (non-hydrogen) atoms. The number of carboxylic acid groups (broad SMARTS) is 1. The molecule has 3 N–H and O–H groups in total. The van der Waals surface area contributed by atoms with Crippen LogP contribution >= 0.6 is 0 Å². The van der Waals surface area contributed by atoms with Crippen LogP contribution in [0.2, 0.25) is 0 Å². The maximum Gasteiger partial charge on any atom is 0.319 e. The first kappa shape index (κ1) is 13.4. The number of carbonyl (C=O) groups excluding carboxylic acids is 1. The number of aliphatic carboxylic acids is 1. The van der Waals surface area contributed by atoms with E-state index in [1.165, 1.54) is 0 Å². The highest BCUT2D eigenvalue weighted by Crippen LogP contribution is 2.40. The Kier molecular flexibility index (Phi) is 3.74. The first-order chi connectivity index (χ1) is 9.02. The summed E-state index contributed by atoms with van der Waals surface area (Å²) in [5, 5.41) is 14.5. The Morgan fingerprint density at radius 2 is 1.89 bits per heavy atom. The Morgan fingerprint density at radius 1 is 1.26 bits per heavy atom. The zero-order valence-corrected chi connectivity index (χ0v) is 10.9. The van der Waals surface area contributed by atoms with Crippen LogP contribution < -0.4 is 10.6 Å². The van der Waals surface area contributed by atoms with Gasteiger partial charge in [-0.25, -0.2) is 4.79 Å². The topological polar surface area (TPSA) is 78.4 Å². The van der Waals surface area contributed by atoms with E-state index in [1.54, 1.807) is 0 Å². The molecule has 1 saturated carbocycles. The standard InChI is InChI=1S/C14H18N2O3/c1-10-3-5-11(6-4-10)16-13(19)15-9-14(12(17)18)7-2-8-14/h3-6H,2,7-9H2,1H3,(H,17,18)(H2,15,16,19). The average Bonchev–Trinajstić information content (AvgIpc) is 2.30. The van der Waals surface area contributed by atoms with E-state index in [9.17, 15) is 9.59 Å². The Bertz CT molecular complexity index is 478. The van der Waals surface area contributed by atoms with Crippen molar-refractivity contribution in [2.45, 2.75) is 26.2 Å². The summed E-state index contributed by atoms with van der Waals surface area (Å²) in [5.74, 6) is -0.825. The lowest BCUT2D eigenvalue weighted by Crippen LogP contribution is -2.48. The Labute approximate surface area is 112 Å². The molecule has 1 fully saturated rings. The molecule has 1 aromatic carbocycles. The molecule has 0 spiro atoms. The smallest absolute Gasteiger partial charge is 0.319 e. The highest BCUT2D eigenvalue weighted by atomic mass is 16.4. The molecule has 0 heterocycles. The second-order valence-electron chi connectivity index (χ2n) is 5.11. The van der Waals surface area contributed by atoms with Crippen LogP contribution in [-0.4, -0.2) is 23.7 Å². The number of nitrogens with one attached hydrogen (secondary N) is 2. The van der Waals surface area contributed by atoms with Crippen LogP contribution in [0.3, 0.4) is 0 Å². The van der Waals surface area contributed by atoms with Crippen LogP contribution in [0.15, 0.2) is 24.3 Å². The fourth-order valence-corrected chi connectivity index (χ4v) is 2.13. The SMILES string of the molecule is Cc1ccc(NC(=O)NCC2(C(=O)O)CCC2)cc1. The minimum Gasteiger partial charge on any atom is -0.481 e. The summed E-state index contributed by atoms with van der Waals surface area (Å²) < 4.78 is 0. The quantitative estimate of drug-likeness (QED) is 0.779. The van der Waals surface area contributed by atoms with Gasteiger partial charge in [0, 0.05) is 12.2 Å². The summed E-state index contributed by atoms with van der Waals surface area (Å²) in [6.07, 6.45) is 2.17. The van der Waals surface area contributed by atoms with Crippen LogP contribution in [0.1, 0.15) is 24.8 Å². The number of aryl methyl sites for hydroxylation is 1. The van der Waals surface area contributed by atoms with Crippen LogP contribution in [-0.2, 0) is 4.79 Å². The number of hydrogen-bond donors (Lipinski definition) is 3. The summed E-state index contributed by atoms with van der Waals surface area (Å²) in [6.45, 7) is 2.15. The van der Waals surface area contributed by atoms with Crippen LogP contribution in [0.5, 0.6) is 0 Å². The number of benzene rings is 1. The molecule has 2 amide bonds. The number of urea groups is 1. The first-order valence-electron chi connectivity index (χ1n) is 6.37. The number of hydrogen-bond acceptors (Lipinski definition) is 2. The van der Waals surface area contributed by atoms with Gasteiger partial charge < -0.3 is 15.7 Å². The number of rotatable bonds is 4. The number of carbonyl (C=O) groups is 2. The minimum absolute atomic E-state index is 0.181. The molecular formula is C14H18N2O3. The van der Waals surface area contributed by atoms with Crippen molar-refractivity contribution in [3.63, 3.8) is 0 Å². The van der Waals surface area contributed by atoms with E-state index in [1.807, 2.05) is 31.2 Å². The number of carboxylic acids is 1. The predicted octanol–water partition coefficient (Wildman–Crippen LogP) is 2.37. The highest BCUT2D eigenvalue weighted by molar-refractivity contribution is 5.89. The van der Waals surface area contributed by atoms with Crippen LogP contribution in [0.25, 0.3) is 0 Å². The molecule has 5 nitrogen and oxygen atoms in total. The lowest BCUT2D eigenvalue weighted by atomic mass is 9.69. The number of anilines is 1. The van der Waals surface area contributed by atoms with E-state index in [-0.39, 0.29) is 12.6 Å². The summed E-state index contributed by atoms with van der Waals surface area (Å²) in [6, 6.07) is 7.06. The van der Waals surface area contributed by atoms with Gasteiger partial charge in [0.05, 0.1) is 5.41 Å². The summed E-state index contributed by atoms with van der Waals surface area (Å²) in [4.78, 5) is 22.8. The third-order valence-corrected chi connectivity index (χ3v) is 3.66. The Balaban J connectivity index is 1.85. The van der Waals surface area contributed by atoms with Gasteiger partial charge in [-0.2, -0.15) is 0 Å². The van der Waals surface area contributed by atoms with Crippen molar-refractivity contribution in [3.8, 4) is 0 Å². The van der Waals surface area contributed by atoms with Gasteiger partial charge in [0.2, 0.25) is 0 Å². The molecule has 0 aliphatic heterocycles. The molecule has 0 radical (unpaired) electrons. The fourth-order valence-electron chi connectivity index (χ4n) is 2.13. The molecule has 2 rings (SSSR count). The lowest BCUT2D eigenvalue weighted by molar-refractivity contribution is -0.153. The minimum atomic E-state index is -0.825. The van der Waals surface area contributed by atoms with Gasteiger partial charge in [-0.3, -0.25) is 4.79 Å². The van der Waals surface area contributed by atoms with Crippen molar-refractivity contribution in [1.82, 2.24) is 5.32 Å². The van der Waals surface area contributed by atoms with Crippen molar-refractivity contribution in [3.05, 3.63) is 29.8 Å². The van der Waals surface area contributed by atoms with Gasteiger partial charge in [0.25, 0.3) is 0 Å². The maximum atomic E-state index is 11.7. The predicted molar refractivity (Wildman–Crippen MR) is 72.1 cm³/mol.